The highest BCUT2D eigenvalue weighted by Gasteiger charge is 2.14. The molecule has 8 aromatic carbocycles. The normalized spacial score (nSPS) is 11.2. The number of nitrogens with zero attached hydrogens (tertiary/aromatic N) is 1. The molecule has 224 valence electrons. The number of hydrogen-bond acceptors (Lipinski definition) is 1. The van der Waals surface area contributed by atoms with Crippen molar-refractivity contribution < 1.29 is 0 Å². The van der Waals surface area contributed by atoms with Gasteiger partial charge in [-0.3, -0.25) is 0 Å². The predicted octanol–water partition coefficient (Wildman–Crippen LogP) is 13.8. The fourth-order valence-corrected chi connectivity index (χ4v) is 6.57. The zero-order valence-electron chi connectivity index (χ0n) is 25.4. The molecule has 0 fully saturated rings. The van der Waals surface area contributed by atoms with Gasteiger partial charge >= 0.3 is 0 Å². The summed E-state index contributed by atoms with van der Waals surface area (Å²) in [6, 6.07) is 62.2. The molecule has 0 aliphatic heterocycles. The van der Waals surface area contributed by atoms with Gasteiger partial charge in [-0.2, -0.15) is 0 Å². The van der Waals surface area contributed by atoms with E-state index in [0.29, 0.717) is 10.0 Å². The maximum absolute atomic E-state index is 6.34. The molecule has 3 heteroatoms. The van der Waals surface area contributed by atoms with Crippen molar-refractivity contribution in [2.24, 2.45) is 0 Å². The minimum atomic E-state index is 0.549. The van der Waals surface area contributed by atoms with E-state index in [0.717, 1.165) is 28.2 Å². The predicted molar refractivity (Wildman–Crippen MR) is 202 cm³/mol. The van der Waals surface area contributed by atoms with Crippen LogP contribution in [0.25, 0.3) is 54.9 Å². The van der Waals surface area contributed by atoms with Crippen LogP contribution in [0.5, 0.6) is 0 Å². The lowest BCUT2D eigenvalue weighted by Crippen LogP contribution is -2.09. The summed E-state index contributed by atoms with van der Waals surface area (Å²) in [6.07, 6.45) is 0. The number of rotatable bonds is 6. The summed E-state index contributed by atoms with van der Waals surface area (Å²) in [5.74, 6) is 0. The van der Waals surface area contributed by atoms with Gasteiger partial charge in [0.15, 0.2) is 0 Å². The molecule has 0 heterocycles. The first-order valence-electron chi connectivity index (χ1n) is 15.6. The minimum absolute atomic E-state index is 0.549. The van der Waals surface area contributed by atoms with Crippen LogP contribution in [0.3, 0.4) is 0 Å². The van der Waals surface area contributed by atoms with Crippen LogP contribution in [0.15, 0.2) is 176 Å². The summed E-state index contributed by atoms with van der Waals surface area (Å²) in [4.78, 5) is 2.30. The third-order valence-electron chi connectivity index (χ3n) is 8.80. The lowest BCUT2D eigenvalue weighted by Gasteiger charge is -2.26. The molecule has 0 saturated heterocycles. The third kappa shape index (κ3) is 5.88. The highest BCUT2D eigenvalue weighted by molar-refractivity contribution is 6.42. The molecule has 47 heavy (non-hydrogen) atoms. The van der Waals surface area contributed by atoms with Crippen molar-refractivity contribution >= 4 is 61.8 Å². The van der Waals surface area contributed by atoms with Crippen LogP contribution >= 0.6 is 23.2 Å². The zero-order valence-corrected chi connectivity index (χ0v) is 27.0. The molecule has 8 rings (SSSR count). The van der Waals surface area contributed by atoms with Crippen molar-refractivity contribution in [3.63, 3.8) is 0 Å². The molecule has 0 radical (unpaired) electrons. The van der Waals surface area contributed by atoms with Crippen molar-refractivity contribution in [3.05, 3.63) is 186 Å². The van der Waals surface area contributed by atoms with Gasteiger partial charge in [0, 0.05) is 17.1 Å². The van der Waals surface area contributed by atoms with Gasteiger partial charge < -0.3 is 4.90 Å². The van der Waals surface area contributed by atoms with E-state index in [4.69, 9.17) is 23.2 Å². The number of hydrogen-bond donors (Lipinski definition) is 0. The van der Waals surface area contributed by atoms with E-state index in [1.807, 2.05) is 18.2 Å². The van der Waals surface area contributed by atoms with E-state index in [-0.39, 0.29) is 0 Å². The van der Waals surface area contributed by atoms with Crippen molar-refractivity contribution in [1.29, 1.82) is 0 Å². The Bertz CT molecular complexity index is 2240. The van der Waals surface area contributed by atoms with Crippen LogP contribution in [0, 0.1) is 0 Å². The monoisotopic (exact) mass is 641 g/mol. The number of halogens is 2. The van der Waals surface area contributed by atoms with Crippen molar-refractivity contribution in [2.45, 2.75) is 0 Å². The summed E-state index contributed by atoms with van der Waals surface area (Å²) < 4.78 is 0. The van der Waals surface area contributed by atoms with Crippen LogP contribution in [0.1, 0.15) is 0 Å². The van der Waals surface area contributed by atoms with Crippen molar-refractivity contribution in [3.8, 4) is 33.4 Å². The SMILES string of the molecule is Clc1ccc(-c2ccc(N(c3ccc(-c4ccc5ccccc5c4)cc3)c3ccc(-c4ccc5ccccc5c4)cc3)cc2)cc1Cl. The Labute approximate surface area is 284 Å². The fourth-order valence-electron chi connectivity index (χ4n) is 6.27. The first-order valence-corrected chi connectivity index (χ1v) is 16.4. The summed E-state index contributed by atoms with van der Waals surface area (Å²) in [7, 11) is 0. The molecular weight excluding hydrogens is 613 g/mol. The van der Waals surface area contributed by atoms with Gasteiger partial charge in [-0.05, 0) is 116 Å². The molecular formula is C44H29Cl2N. The lowest BCUT2D eigenvalue weighted by molar-refractivity contribution is 1.28. The molecule has 0 bridgehead atoms. The highest BCUT2D eigenvalue weighted by atomic mass is 35.5. The molecule has 0 saturated carbocycles. The number of fused-ring (bicyclic) bond motifs is 2. The number of benzene rings is 8. The Morgan fingerprint density at radius 1 is 0.277 bits per heavy atom. The standard InChI is InChI=1S/C44H29Cl2N/c45-43-26-19-39(29-44(43)46)34-17-24-42(25-18-34)47(40-20-13-32(14-21-40)37-11-9-30-5-1-3-7-35(30)27-37)41-22-15-33(16-23-41)38-12-10-31-6-2-4-8-36(31)28-38/h1-29H. The first kappa shape index (κ1) is 29.1. The molecule has 0 spiro atoms. The minimum Gasteiger partial charge on any atom is -0.311 e. The quantitative estimate of drug-likeness (QED) is 0.174. The van der Waals surface area contributed by atoms with Gasteiger partial charge in [-0.1, -0.05) is 138 Å². The third-order valence-corrected chi connectivity index (χ3v) is 9.53. The second-order valence-electron chi connectivity index (χ2n) is 11.7. The van der Waals surface area contributed by atoms with Crippen molar-refractivity contribution in [2.75, 3.05) is 4.90 Å². The highest BCUT2D eigenvalue weighted by Crippen LogP contribution is 2.38. The first-order chi connectivity index (χ1) is 23.1. The molecule has 0 aliphatic carbocycles. The Kier molecular flexibility index (Phi) is 7.71. The largest absolute Gasteiger partial charge is 0.311 e. The Balaban J connectivity index is 1.16. The van der Waals surface area contributed by atoms with Crippen LogP contribution in [0.4, 0.5) is 17.1 Å². The molecule has 0 atom stereocenters. The van der Waals surface area contributed by atoms with E-state index in [1.165, 1.54) is 43.8 Å². The van der Waals surface area contributed by atoms with Gasteiger partial charge in [0.2, 0.25) is 0 Å². The van der Waals surface area contributed by atoms with Crippen LogP contribution in [-0.2, 0) is 0 Å². The molecule has 0 aliphatic rings. The maximum atomic E-state index is 6.34. The summed E-state index contributed by atoms with van der Waals surface area (Å²) in [5, 5.41) is 6.07. The topological polar surface area (TPSA) is 3.24 Å². The average Bonchev–Trinajstić information content (AvgIpc) is 3.13. The zero-order chi connectivity index (χ0) is 31.7. The van der Waals surface area contributed by atoms with Crippen LogP contribution in [-0.4, -0.2) is 0 Å². The van der Waals surface area contributed by atoms with Gasteiger partial charge in [0.25, 0.3) is 0 Å². The summed E-state index contributed by atoms with van der Waals surface area (Å²) in [6.45, 7) is 0. The molecule has 0 aromatic heterocycles. The van der Waals surface area contributed by atoms with Crippen LogP contribution in [0.2, 0.25) is 10.0 Å². The Morgan fingerprint density at radius 2 is 0.617 bits per heavy atom. The number of anilines is 3. The van der Waals surface area contributed by atoms with Gasteiger partial charge in [-0.15, -0.1) is 0 Å². The molecule has 1 nitrogen and oxygen atoms in total. The Morgan fingerprint density at radius 3 is 1.02 bits per heavy atom. The van der Waals surface area contributed by atoms with E-state index in [9.17, 15) is 0 Å². The van der Waals surface area contributed by atoms with E-state index in [2.05, 4.69) is 163 Å². The van der Waals surface area contributed by atoms with Gasteiger partial charge in [-0.25, -0.2) is 0 Å². The van der Waals surface area contributed by atoms with Crippen molar-refractivity contribution in [1.82, 2.24) is 0 Å². The smallest absolute Gasteiger partial charge is 0.0598 e. The molecule has 0 amide bonds. The van der Waals surface area contributed by atoms with E-state index < -0.39 is 0 Å². The average molecular weight is 643 g/mol. The second-order valence-corrected chi connectivity index (χ2v) is 12.5. The van der Waals surface area contributed by atoms with E-state index in [1.54, 1.807) is 0 Å². The van der Waals surface area contributed by atoms with Gasteiger partial charge in [0.05, 0.1) is 10.0 Å². The summed E-state index contributed by atoms with van der Waals surface area (Å²) >= 11 is 12.5. The lowest BCUT2D eigenvalue weighted by atomic mass is 10.00. The van der Waals surface area contributed by atoms with Crippen LogP contribution < -0.4 is 4.90 Å². The maximum Gasteiger partial charge on any atom is 0.0598 e. The molecule has 0 unspecified atom stereocenters. The molecule has 0 N–H and O–H groups in total. The summed E-state index contributed by atoms with van der Waals surface area (Å²) in [5.41, 5.74) is 10.1. The Hall–Kier alpha value is -5.34. The van der Waals surface area contributed by atoms with Gasteiger partial charge in [0.1, 0.15) is 0 Å². The van der Waals surface area contributed by atoms with E-state index >= 15 is 0 Å². The second kappa shape index (κ2) is 12.5. The molecule has 8 aromatic rings. The fraction of sp³-hybridized carbons (Fsp3) is 0.